The summed E-state index contributed by atoms with van der Waals surface area (Å²) in [5, 5.41) is 0. The minimum Gasteiger partial charge on any atom is -0.457 e. The molecule has 5 atom stereocenters. The molecule has 0 saturated carbocycles. The summed E-state index contributed by atoms with van der Waals surface area (Å²) < 4.78 is 11.3. The Kier molecular flexibility index (Phi) is 5.99. The van der Waals surface area contributed by atoms with Crippen LogP contribution in [0.2, 0.25) is 0 Å². The summed E-state index contributed by atoms with van der Waals surface area (Å²) in [5.74, 6) is -2.32. The van der Waals surface area contributed by atoms with E-state index in [9.17, 15) is 14.4 Å². The average Bonchev–Trinajstić information content (AvgIpc) is 2.59. The van der Waals surface area contributed by atoms with Crippen molar-refractivity contribution in [1.82, 2.24) is 0 Å². The third-order valence-electron chi connectivity index (χ3n) is 5.18. The van der Waals surface area contributed by atoms with Gasteiger partial charge in [-0.15, -0.1) is 5.73 Å². The molecule has 1 saturated heterocycles. The summed E-state index contributed by atoms with van der Waals surface area (Å²) in [6.07, 6.45) is 0.967. The minimum absolute atomic E-state index is 0.0917. The number of nitrogens with zero attached hydrogens (tertiary/aromatic N) is 1. The molecule has 2 bridgehead atoms. The topological polar surface area (TPSA) is 82.0 Å². The monoisotopic (exact) mass is 361 g/mol. The summed E-state index contributed by atoms with van der Waals surface area (Å²) >= 11 is 0. The molecule has 142 valence electrons. The lowest BCUT2D eigenvalue weighted by Gasteiger charge is -2.47. The molecule has 0 radical (unpaired) electrons. The van der Waals surface area contributed by atoms with Crippen molar-refractivity contribution in [2.75, 3.05) is 7.05 Å². The Bertz CT molecular complexity index is 716. The van der Waals surface area contributed by atoms with Crippen molar-refractivity contribution >= 4 is 23.2 Å². The first-order valence-corrected chi connectivity index (χ1v) is 9.00. The molecule has 0 aromatic rings. The number of hydrogen-bond acceptors (Lipinski definition) is 6. The van der Waals surface area contributed by atoms with Crippen LogP contribution in [0.5, 0.6) is 0 Å². The van der Waals surface area contributed by atoms with Gasteiger partial charge in [-0.05, 0) is 33.6 Å². The lowest BCUT2D eigenvalue weighted by atomic mass is 9.77. The Morgan fingerprint density at radius 3 is 2.54 bits per heavy atom. The van der Waals surface area contributed by atoms with Crippen molar-refractivity contribution in [1.29, 1.82) is 0 Å². The van der Waals surface area contributed by atoms with Crippen molar-refractivity contribution in [3.05, 3.63) is 17.4 Å². The quantitative estimate of drug-likeness (QED) is 0.407. The highest BCUT2D eigenvalue weighted by Gasteiger charge is 2.54. The molecule has 0 spiro atoms. The molecule has 26 heavy (non-hydrogen) atoms. The van der Waals surface area contributed by atoms with E-state index in [4.69, 9.17) is 9.47 Å². The van der Waals surface area contributed by atoms with Gasteiger partial charge >= 0.3 is 5.97 Å². The van der Waals surface area contributed by atoms with Gasteiger partial charge < -0.3 is 9.47 Å². The van der Waals surface area contributed by atoms with Crippen LogP contribution in [0.15, 0.2) is 22.4 Å². The smallest absolute Gasteiger partial charge is 0.316 e. The number of ketones is 2. The molecule has 6 nitrogen and oxygen atoms in total. The van der Waals surface area contributed by atoms with Crippen LogP contribution in [-0.4, -0.2) is 48.1 Å². The third-order valence-corrected chi connectivity index (χ3v) is 5.18. The van der Waals surface area contributed by atoms with Gasteiger partial charge in [0.25, 0.3) is 0 Å². The van der Waals surface area contributed by atoms with E-state index in [1.165, 1.54) is 13.0 Å². The number of carbonyl (C=O) groups excluding carboxylic acids is 3. The number of Topliss-reactive ketones (excluding diaryl/α,β-unsaturated/α-hetero) is 1. The molecule has 0 aromatic carbocycles. The van der Waals surface area contributed by atoms with Crippen LogP contribution in [0.3, 0.4) is 0 Å². The summed E-state index contributed by atoms with van der Waals surface area (Å²) in [6.45, 7) is 8.79. The zero-order valence-corrected chi connectivity index (χ0v) is 16.3. The van der Waals surface area contributed by atoms with Crippen LogP contribution >= 0.6 is 0 Å². The maximum atomic E-state index is 12.7. The fourth-order valence-corrected chi connectivity index (χ4v) is 3.46. The zero-order chi connectivity index (χ0) is 19.6. The van der Waals surface area contributed by atoms with Crippen LogP contribution in [0.25, 0.3) is 0 Å². The molecule has 0 N–H and O–H groups in total. The second kappa shape index (κ2) is 7.68. The van der Waals surface area contributed by atoms with E-state index < -0.39 is 29.7 Å². The van der Waals surface area contributed by atoms with Crippen molar-refractivity contribution < 1.29 is 23.9 Å². The van der Waals surface area contributed by atoms with Crippen LogP contribution in [0, 0.1) is 11.8 Å². The van der Waals surface area contributed by atoms with Crippen molar-refractivity contribution in [2.45, 2.75) is 65.3 Å². The van der Waals surface area contributed by atoms with Gasteiger partial charge in [-0.2, -0.15) is 0 Å². The SMILES string of the molecule is CCC1OC(=O)C(C)C(=O)C2OC(C)(CC(C)C(=O)C=C=C1C)/C2=N\C. The Labute approximate surface area is 154 Å². The van der Waals surface area contributed by atoms with Crippen molar-refractivity contribution in [3.63, 3.8) is 0 Å². The van der Waals surface area contributed by atoms with Gasteiger partial charge in [-0.1, -0.05) is 13.8 Å². The van der Waals surface area contributed by atoms with E-state index in [2.05, 4.69) is 10.7 Å². The molecule has 1 fully saturated rings. The second-order valence-corrected chi connectivity index (χ2v) is 7.27. The molecule has 5 unspecified atom stereocenters. The highest BCUT2D eigenvalue weighted by Crippen LogP contribution is 2.37. The number of esters is 1. The molecule has 0 aliphatic carbocycles. The van der Waals surface area contributed by atoms with Crippen LogP contribution in [0.4, 0.5) is 0 Å². The molecule has 3 aliphatic rings. The molecule has 3 aliphatic heterocycles. The fraction of sp³-hybridized carbons (Fsp3) is 0.650. The minimum atomic E-state index is -0.950. The van der Waals surface area contributed by atoms with E-state index in [0.29, 0.717) is 24.1 Å². The van der Waals surface area contributed by atoms with E-state index in [-0.39, 0.29) is 17.5 Å². The first-order chi connectivity index (χ1) is 12.1. The van der Waals surface area contributed by atoms with Crippen LogP contribution in [0.1, 0.15) is 47.5 Å². The standard InChI is InChI=1S/C20H27NO5/c1-7-15-11(2)8-9-14(22)12(3)10-20(5)18(21-6)17(26-20)16(23)13(4)19(24)25-15/h9,12-13,15,17H,7,10H2,1-6H3/b21-18-. The number of carbonyl (C=O) groups is 3. The van der Waals surface area contributed by atoms with E-state index in [1.54, 1.807) is 14.0 Å². The predicted molar refractivity (Wildman–Crippen MR) is 97.0 cm³/mol. The molecule has 6 heteroatoms. The summed E-state index contributed by atoms with van der Waals surface area (Å²) in [5.41, 5.74) is 3.38. The molecular formula is C20H27NO5. The van der Waals surface area contributed by atoms with Gasteiger partial charge in [0.2, 0.25) is 0 Å². The van der Waals surface area contributed by atoms with Crippen LogP contribution in [-0.2, 0) is 23.9 Å². The number of fused-ring (bicyclic) bond motifs is 8. The van der Waals surface area contributed by atoms with Gasteiger partial charge in [0.05, 0.1) is 5.71 Å². The van der Waals surface area contributed by atoms with Gasteiger partial charge in [0.1, 0.15) is 17.6 Å². The predicted octanol–water partition coefficient (Wildman–Crippen LogP) is 2.45. The number of hydrogen-bond donors (Lipinski definition) is 0. The Morgan fingerprint density at radius 1 is 1.31 bits per heavy atom. The Hall–Kier alpha value is -2.04. The second-order valence-electron chi connectivity index (χ2n) is 7.27. The highest BCUT2D eigenvalue weighted by atomic mass is 16.6. The molecular weight excluding hydrogens is 334 g/mol. The highest BCUT2D eigenvalue weighted by molar-refractivity contribution is 6.19. The zero-order valence-electron chi connectivity index (χ0n) is 16.3. The van der Waals surface area contributed by atoms with E-state index in [1.807, 2.05) is 20.8 Å². The van der Waals surface area contributed by atoms with Crippen molar-refractivity contribution in [2.24, 2.45) is 16.8 Å². The van der Waals surface area contributed by atoms with Crippen molar-refractivity contribution in [3.8, 4) is 0 Å². The number of aliphatic imine (C=N–C) groups is 1. The van der Waals surface area contributed by atoms with E-state index >= 15 is 0 Å². The summed E-state index contributed by atoms with van der Waals surface area (Å²) in [6, 6.07) is 0. The average molecular weight is 361 g/mol. The van der Waals surface area contributed by atoms with Crippen LogP contribution < -0.4 is 0 Å². The number of ether oxygens (including phenoxy) is 2. The Balaban J connectivity index is 2.45. The van der Waals surface area contributed by atoms with Gasteiger partial charge in [0.15, 0.2) is 17.7 Å². The maximum absolute atomic E-state index is 12.7. The summed E-state index contributed by atoms with van der Waals surface area (Å²) in [7, 11) is 1.59. The first-order valence-electron chi connectivity index (χ1n) is 9.00. The number of rotatable bonds is 1. The fourth-order valence-electron chi connectivity index (χ4n) is 3.46. The lowest BCUT2D eigenvalue weighted by Crippen LogP contribution is -2.64. The Morgan fingerprint density at radius 2 is 1.96 bits per heavy atom. The van der Waals surface area contributed by atoms with Gasteiger partial charge in [-0.25, -0.2) is 0 Å². The molecule has 0 amide bonds. The third kappa shape index (κ3) is 3.71. The lowest BCUT2D eigenvalue weighted by molar-refractivity contribution is -0.162. The molecule has 3 rings (SSSR count). The summed E-state index contributed by atoms with van der Waals surface area (Å²) in [4.78, 5) is 41.7. The molecule has 3 heterocycles. The van der Waals surface area contributed by atoms with E-state index in [0.717, 1.165) is 0 Å². The normalized spacial score (nSPS) is 37.7. The largest absolute Gasteiger partial charge is 0.457 e. The van der Waals surface area contributed by atoms with Gasteiger partial charge in [-0.3, -0.25) is 19.4 Å². The first kappa shape index (κ1) is 20.3. The molecule has 0 aromatic heterocycles. The van der Waals surface area contributed by atoms with Gasteiger partial charge in [0, 0.05) is 24.6 Å². The maximum Gasteiger partial charge on any atom is 0.316 e.